The van der Waals surface area contributed by atoms with Crippen molar-refractivity contribution >= 4 is 12.0 Å². The molecule has 9 nitrogen and oxygen atoms in total. The van der Waals surface area contributed by atoms with Crippen LogP contribution in [0.2, 0.25) is 0 Å². The molecule has 0 spiro atoms. The molecule has 0 saturated carbocycles. The molecule has 0 aliphatic carbocycles. The van der Waals surface area contributed by atoms with Gasteiger partial charge in [-0.05, 0) is 11.6 Å². The van der Waals surface area contributed by atoms with Gasteiger partial charge in [-0.1, -0.05) is 42.5 Å². The van der Waals surface area contributed by atoms with Crippen molar-refractivity contribution in [2.75, 3.05) is 11.8 Å². The number of nitro groups is 1. The van der Waals surface area contributed by atoms with Crippen LogP contribution in [0.4, 0.5) is 5.82 Å². The number of fused-ring (bicyclic) bond motifs is 1. The monoisotopic (exact) mass is 377 g/mol. The second-order valence-electron chi connectivity index (χ2n) is 6.42. The Morgan fingerprint density at radius 1 is 1.14 bits per heavy atom. The van der Waals surface area contributed by atoms with Crippen LogP contribution < -0.4 is 14.5 Å². The van der Waals surface area contributed by atoms with E-state index in [1.807, 2.05) is 36.4 Å². The van der Waals surface area contributed by atoms with Crippen LogP contribution in [0.5, 0.6) is 11.5 Å². The zero-order chi connectivity index (χ0) is 19.1. The number of ether oxygens (including phenoxy) is 2. The second-order valence-corrected chi connectivity index (χ2v) is 6.42. The summed E-state index contributed by atoms with van der Waals surface area (Å²) in [6.07, 6.45) is 1.33. The standard InChI is InChI=1S/C19H15N5O4/c25-24(26)15-10-20-23(17-9-14(21-22-17)12-5-2-1-3-6-12)18(15)13-7-4-8-16-19(13)28-11-27-16/h1-10,15,18H,11H2,(H,21,22). The van der Waals surface area contributed by atoms with Crippen molar-refractivity contribution in [2.24, 2.45) is 5.10 Å². The van der Waals surface area contributed by atoms with E-state index in [9.17, 15) is 10.1 Å². The number of aromatic nitrogens is 2. The SMILES string of the molecule is O=[N+]([O-])C1C=NN(c2cc(-c3ccccc3)[nH]n2)C1c1cccc2c1OCO2. The highest BCUT2D eigenvalue weighted by Gasteiger charge is 2.44. The van der Waals surface area contributed by atoms with Gasteiger partial charge in [0.15, 0.2) is 23.4 Å². The lowest BCUT2D eigenvalue weighted by Gasteiger charge is -2.23. The molecule has 9 heteroatoms. The zero-order valence-electron chi connectivity index (χ0n) is 14.6. The molecule has 2 aliphatic rings. The average Bonchev–Trinajstić information content (AvgIpc) is 3.46. The van der Waals surface area contributed by atoms with Gasteiger partial charge in [0.25, 0.3) is 6.04 Å². The van der Waals surface area contributed by atoms with Gasteiger partial charge in [-0.15, -0.1) is 0 Å². The Hall–Kier alpha value is -3.88. The first-order chi connectivity index (χ1) is 13.7. The Balaban J connectivity index is 1.56. The third-order valence-corrected chi connectivity index (χ3v) is 4.80. The average molecular weight is 377 g/mol. The smallest absolute Gasteiger partial charge is 0.276 e. The first-order valence-corrected chi connectivity index (χ1v) is 8.68. The van der Waals surface area contributed by atoms with Crippen LogP contribution in [-0.2, 0) is 0 Å². The maximum atomic E-state index is 11.7. The second kappa shape index (κ2) is 6.38. The number of para-hydroxylation sites is 1. The van der Waals surface area contributed by atoms with E-state index >= 15 is 0 Å². The molecule has 1 aromatic heterocycles. The Bertz CT molecular complexity index is 1070. The van der Waals surface area contributed by atoms with Crippen molar-refractivity contribution in [2.45, 2.75) is 12.1 Å². The number of hydrazone groups is 1. The number of hydrogen-bond donors (Lipinski definition) is 1. The van der Waals surface area contributed by atoms with Crippen LogP contribution in [0.15, 0.2) is 59.7 Å². The topological polar surface area (TPSA) is 106 Å². The molecule has 3 aromatic rings. The Kier molecular flexibility index (Phi) is 3.71. The van der Waals surface area contributed by atoms with E-state index in [0.29, 0.717) is 22.9 Å². The van der Waals surface area contributed by atoms with E-state index < -0.39 is 12.1 Å². The van der Waals surface area contributed by atoms with E-state index in [4.69, 9.17) is 9.47 Å². The van der Waals surface area contributed by atoms with Crippen LogP contribution in [0, 0.1) is 10.1 Å². The van der Waals surface area contributed by atoms with Gasteiger partial charge >= 0.3 is 0 Å². The third kappa shape index (κ3) is 2.56. The van der Waals surface area contributed by atoms with Crippen molar-refractivity contribution in [3.63, 3.8) is 0 Å². The maximum Gasteiger partial charge on any atom is 0.276 e. The van der Waals surface area contributed by atoms with Gasteiger partial charge in [0.1, 0.15) is 6.21 Å². The van der Waals surface area contributed by atoms with Crippen molar-refractivity contribution in [3.8, 4) is 22.8 Å². The fourth-order valence-electron chi connectivity index (χ4n) is 3.51. The van der Waals surface area contributed by atoms with Gasteiger partial charge in [-0.2, -0.15) is 10.2 Å². The maximum absolute atomic E-state index is 11.7. The normalized spacial score (nSPS) is 19.9. The Morgan fingerprint density at radius 3 is 2.82 bits per heavy atom. The van der Waals surface area contributed by atoms with Crippen LogP contribution in [0.3, 0.4) is 0 Å². The zero-order valence-corrected chi connectivity index (χ0v) is 14.6. The quantitative estimate of drug-likeness (QED) is 0.553. The van der Waals surface area contributed by atoms with E-state index in [1.165, 1.54) is 6.21 Å². The summed E-state index contributed by atoms with van der Waals surface area (Å²) in [5.74, 6) is 1.56. The lowest BCUT2D eigenvalue weighted by atomic mass is 9.99. The molecule has 5 rings (SSSR count). The number of nitrogens with one attached hydrogen (secondary N) is 1. The van der Waals surface area contributed by atoms with Gasteiger partial charge < -0.3 is 9.47 Å². The molecule has 0 bridgehead atoms. The summed E-state index contributed by atoms with van der Waals surface area (Å²) < 4.78 is 11.0. The van der Waals surface area contributed by atoms with Crippen molar-refractivity contribution in [1.82, 2.24) is 10.2 Å². The molecule has 1 N–H and O–H groups in total. The van der Waals surface area contributed by atoms with Crippen molar-refractivity contribution < 1.29 is 14.4 Å². The minimum atomic E-state index is -1.03. The Morgan fingerprint density at radius 2 is 2.00 bits per heavy atom. The summed E-state index contributed by atoms with van der Waals surface area (Å²) >= 11 is 0. The summed E-state index contributed by atoms with van der Waals surface area (Å²) in [4.78, 5) is 11.3. The number of hydrogen-bond acceptors (Lipinski definition) is 7. The number of rotatable bonds is 4. The molecular weight excluding hydrogens is 362 g/mol. The van der Waals surface area contributed by atoms with Crippen molar-refractivity contribution in [3.05, 3.63) is 70.3 Å². The van der Waals surface area contributed by atoms with Crippen molar-refractivity contribution in [1.29, 1.82) is 0 Å². The summed E-state index contributed by atoms with van der Waals surface area (Å²) in [5.41, 5.74) is 2.40. The molecule has 2 aromatic carbocycles. The fraction of sp³-hybridized carbons (Fsp3) is 0.158. The molecule has 0 amide bonds. The molecule has 3 heterocycles. The molecule has 2 aliphatic heterocycles. The predicted octanol–water partition coefficient (Wildman–Crippen LogP) is 3.00. The summed E-state index contributed by atoms with van der Waals surface area (Å²) in [5, 5.41) is 24.8. The highest BCUT2D eigenvalue weighted by Crippen LogP contribution is 2.44. The number of H-pyrrole nitrogens is 1. The van der Waals surface area contributed by atoms with Crippen LogP contribution in [0.1, 0.15) is 11.6 Å². The third-order valence-electron chi connectivity index (χ3n) is 4.80. The molecule has 28 heavy (non-hydrogen) atoms. The summed E-state index contributed by atoms with van der Waals surface area (Å²) in [7, 11) is 0. The minimum Gasteiger partial charge on any atom is -0.454 e. The first kappa shape index (κ1) is 16.3. The number of aromatic amines is 1. The van der Waals surface area contributed by atoms with Gasteiger partial charge in [0.2, 0.25) is 6.79 Å². The molecule has 2 unspecified atom stereocenters. The first-order valence-electron chi connectivity index (χ1n) is 8.68. The van der Waals surface area contributed by atoms with Crippen LogP contribution in [0.25, 0.3) is 11.3 Å². The largest absolute Gasteiger partial charge is 0.454 e. The lowest BCUT2D eigenvalue weighted by molar-refractivity contribution is -0.504. The lowest BCUT2D eigenvalue weighted by Crippen LogP contribution is -2.33. The molecule has 0 saturated heterocycles. The summed E-state index contributed by atoms with van der Waals surface area (Å²) in [6, 6.07) is 15.1. The number of anilines is 1. The van der Waals surface area contributed by atoms with Crippen LogP contribution in [-0.4, -0.2) is 34.2 Å². The minimum absolute atomic E-state index is 0.0869. The van der Waals surface area contributed by atoms with Crippen LogP contribution >= 0.6 is 0 Å². The highest BCUT2D eigenvalue weighted by molar-refractivity contribution is 5.74. The van der Waals surface area contributed by atoms with E-state index in [2.05, 4.69) is 15.3 Å². The number of benzene rings is 2. The van der Waals surface area contributed by atoms with Gasteiger partial charge in [-0.3, -0.25) is 15.2 Å². The van der Waals surface area contributed by atoms with E-state index in [-0.39, 0.29) is 11.7 Å². The Labute approximate surface area is 159 Å². The highest BCUT2D eigenvalue weighted by atomic mass is 16.7. The molecule has 2 atom stereocenters. The van der Waals surface area contributed by atoms with Gasteiger partial charge in [0.05, 0.1) is 5.69 Å². The molecule has 140 valence electrons. The fourth-order valence-corrected chi connectivity index (χ4v) is 3.51. The molecule has 0 fully saturated rings. The molecular formula is C19H15N5O4. The molecule has 0 radical (unpaired) electrons. The van der Waals surface area contributed by atoms with Gasteiger partial charge in [0, 0.05) is 16.6 Å². The van der Waals surface area contributed by atoms with Gasteiger partial charge in [-0.25, -0.2) is 5.01 Å². The van der Waals surface area contributed by atoms with E-state index in [0.717, 1.165) is 11.3 Å². The predicted molar refractivity (Wildman–Crippen MR) is 101 cm³/mol. The number of nitrogens with zero attached hydrogens (tertiary/aromatic N) is 4. The summed E-state index contributed by atoms with van der Waals surface area (Å²) in [6.45, 7) is 0.0869. The van der Waals surface area contributed by atoms with E-state index in [1.54, 1.807) is 23.2 Å².